The molecule has 110 valence electrons. The van der Waals surface area contributed by atoms with Crippen molar-refractivity contribution in [1.82, 2.24) is 9.97 Å². The monoisotopic (exact) mass is 327 g/mol. The number of hydrogen-bond acceptors (Lipinski definition) is 6. The Bertz CT molecular complexity index is 898. The van der Waals surface area contributed by atoms with Crippen molar-refractivity contribution in [2.45, 2.75) is 6.10 Å². The quantitative estimate of drug-likeness (QED) is 0.594. The number of aliphatic hydroxyl groups excluding tert-OH is 1. The average molecular weight is 327 g/mol. The van der Waals surface area contributed by atoms with Crippen LogP contribution in [-0.2, 0) is 0 Å². The Morgan fingerprint density at radius 3 is 3.00 bits per heavy atom. The maximum absolute atomic E-state index is 10.5. The van der Waals surface area contributed by atoms with Gasteiger partial charge in [-0.15, -0.1) is 11.3 Å². The number of thiazole rings is 1. The topological polar surface area (TPSA) is 58.0 Å². The van der Waals surface area contributed by atoms with Crippen LogP contribution in [0.5, 0.6) is 0 Å². The number of benzene rings is 1. The van der Waals surface area contributed by atoms with Crippen LogP contribution in [-0.4, -0.2) is 21.6 Å². The highest BCUT2D eigenvalue weighted by molar-refractivity contribution is 7.22. The number of rotatable bonds is 4. The first kappa shape index (κ1) is 13.6. The third-order valence-electron chi connectivity index (χ3n) is 3.51. The van der Waals surface area contributed by atoms with E-state index in [1.165, 1.54) is 4.70 Å². The fraction of sp³-hybridized carbons (Fsp3) is 0.125. The van der Waals surface area contributed by atoms with Gasteiger partial charge in [-0.1, -0.05) is 29.5 Å². The highest BCUT2D eigenvalue weighted by Gasteiger charge is 2.13. The number of aromatic nitrogens is 2. The minimum absolute atomic E-state index is 0.438. The molecule has 2 N–H and O–H groups in total. The van der Waals surface area contributed by atoms with E-state index in [-0.39, 0.29) is 0 Å². The zero-order valence-corrected chi connectivity index (χ0v) is 13.2. The molecule has 0 radical (unpaired) electrons. The van der Waals surface area contributed by atoms with Gasteiger partial charge in [-0.05, 0) is 22.9 Å². The molecule has 0 aliphatic rings. The van der Waals surface area contributed by atoms with Crippen LogP contribution in [0.4, 0.5) is 5.13 Å². The number of anilines is 1. The highest BCUT2D eigenvalue weighted by atomic mass is 32.1. The zero-order valence-electron chi connectivity index (χ0n) is 11.6. The molecule has 3 heterocycles. The summed E-state index contributed by atoms with van der Waals surface area (Å²) in [7, 11) is 0. The molecule has 0 aliphatic heterocycles. The van der Waals surface area contributed by atoms with Gasteiger partial charge >= 0.3 is 0 Å². The molecule has 0 bridgehead atoms. The van der Waals surface area contributed by atoms with E-state index in [4.69, 9.17) is 0 Å². The molecule has 1 aromatic carbocycles. The summed E-state index contributed by atoms with van der Waals surface area (Å²) in [5.41, 5.74) is 1.85. The van der Waals surface area contributed by atoms with Gasteiger partial charge in [0, 0.05) is 23.0 Å². The summed E-state index contributed by atoms with van der Waals surface area (Å²) >= 11 is 3.23. The Morgan fingerprint density at radius 1 is 1.18 bits per heavy atom. The molecular formula is C16H13N3OS2. The summed E-state index contributed by atoms with van der Waals surface area (Å²) in [6.45, 7) is 0.438. The van der Waals surface area contributed by atoms with Crippen molar-refractivity contribution in [3.63, 3.8) is 0 Å². The fourth-order valence-electron chi connectivity index (χ4n) is 2.41. The van der Waals surface area contributed by atoms with Crippen LogP contribution in [0, 0.1) is 0 Å². The van der Waals surface area contributed by atoms with Crippen molar-refractivity contribution in [2.75, 3.05) is 11.9 Å². The Morgan fingerprint density at radius 2 is 2.09 bits per heavy atom. The van der Waals surface area contributed by atoms with Crippen LogP contribution >= 0.6 is 22.7 Å². The molecule has 4 rings (SSSR count). The summed E-state index contributed by atoms with van der Waals surface area (Å²) in [4.78, 5) is 8.53. The Hall–Kier alpha value is -2.02. The lowest BCUT2D eigenvalue weighted by atomic mass is 10.1. The molecule has 6 heteroatoms. The Balaban J connectivity index is 1.53. The molecule has 0 saturated carbocycles. The number of thiophene rings is 1. The van der Waals surface area contributed by atoms with Gasteiger partial charge in [0.05, 0.1) is 17.0 Å². The maximum Gasteiger partial charge on any atom is 0.183 e. The molecule has 1 atom stereocenters. The summed E-state index contributed by atoms with van der Waals surface area (Å²) in [6.07, 6.45) is 2.96. The Kier molecular flexibility index (Phi) is 3.49. The largest absolute Gasteiger partial charge is 0.387 e. The number of nitrogens with zero attached hydrogens (tertiary/aromatic N) is 2. The van der Waals surface area contributed by atoms with Gasteiger partial charge in [-0.3, -0.25) is 4.98 Å². The number of nitrogens with one attached hydrogen (secondary N) is 1. The average Bonchev–Trinajstić information content (AvgIpc) is 3.16. The molecule has 0 saturated heterocycles. The van der Waals surface area contributed by atoms with Gasteiger partial charge < -0.3 is 10.4 Å². The van der Waals surface area contributed by atoms with Gasteiger partial charge in [0.15, 0.2) is 5.13 Å². The molecule has 3 aromatic heterocycles. The molecule has 4 nitrogen and oxygen atoms in total. The molecule has 0 amide bonds. The van der Waals surface area contributed by atoms with Crippen molar-refractivity contribution in [2.24, 2.45) is 0 Å². The van der Waals surface area contributed by atoms with Gasteiger partial charge in [0.2, 0.25) is 0 Å². The summed E-state index contributed by atoms with van der Waals surface area (Å²) in [5, 5.41) is 17.6. The lowest BCUT2D eigenvalue weighted by molar-refractivity contribution is 0.193. The lowest BCUT2D eigenvalue weighted by Crippen LogP contribution is -2.11. The first-order valence-corrected chi connectivity index (χ1v) is 8.59. The van der Waals surface area contributed by atoms with Crippen LogP contribution < -0.4 is 5.32 Å². The summed E-state index contributed by atoms with van der Waals surface area (Å²) in [5.74, 6) is 0. The normalized spacial score (nSPS) is 12.8. The van der Waals surface area contributed by atoms with Gasteiger partial charge in [-0.2, -0.15) is 0 Å². The van der Waals surface area contributed by atoms with E-state index in [9.17, 15) is 5.11 Å². The molecule has 0 fully saturated rings. The van der Waals surface area contributed by atoms with E-state index in [1.54, 1.807) is 35.1 Å². The number of hydrogen-bond donors (Lipinski definition) is 2. The zero-order chi connectivity index (χ0) is 14.9. The predicted molar refractivity (Wildman–Crippen MR) is 92.7 cm³/mol. The first-order valence-electron chi connectivity index (χ1n) is 6.90. The van der Waals surface area contributed by atoms with E-state index in [2.05, 4.69) is 21.4 Å². The number of pyridine rings is 1. The second-order valence-corrected chi connectivity index (χ2v) is 6.89. The van der Waals surface area contributed by atoms with Crippen molar-refractivity contribution in [3.8, 4) is 0 Å². The van der Waals surface area contributed by atoms with Gasteiger partial charge in [-0.25, -0.2) is 4.98 Å². The number of aliphatic hydroxyl groups is 1. The standard InChI is InChI=1S/C16H13N3OS2/c20-13(11-9-21-14-4-2-1-3-10(11)14)8-18-16-19-12-7-17-6-5-15(12)22-16/h1-7,9,13,20H,8H2,(H,18,19). The minimum Gasteiger partial charge on any atom is -0.387 e. The molecule has 0 spiro atoms. The van der Waals surface area contributed by atoms with Crippen LogP contribution in [0.1, 0.15) is 11.7 Å². The van der Waals surface area contributed by atoms with Gasteiger partial charge in [0.25, 0.3) is 0 Å². The van der Waals surface area contributed by atoms with Crippen LogP contribution in [0.3, 0.4) is 0 Å². The van der Waals surface area contributed by atoms with Crippen molar-refractivity contribution >= 4 is 48.1 Å². The van der Waals surface area contributed by atoms with E-state index in [0.29, 0.717) is 6.54 Å². The van der Waals surface area contributed by atoms with Crippen LogP contribution in [0.2, 0.25) is 0 Å². The van der Waals surface area contributed by atoms with Gasteiger partial charge in [0.1, 0.15) is 5.52 Å². The third kappa shape index (κ3) is 2.45. The lowest BCUT2D eigenvalue weighted by Gasteiger charge is -2.10. The summed E-state index contributed by atoms with van der Waals surface area (Å²) in [6, 6.07) is 10.1. The van der Waals surface area contributed by atoms with E-state index in [0.717, 1.165) is 26.3 Å². The van der Waals surface area contributed by atoms with E-state index in [1.807, 2.05) is 29.6 Å². The second kappa shape index (κ2) is 5.64. The molecule has 1 unspecified atom stereocenters. The molecule has 22 heavy (non-hydrogen) atoms. The van der Waals surface area contributed by atoms with Crippen LogP contribution in [0.25, 0.3) is 20.3 Å². The Labute approximate surface area is 135 Å². The molecular weight excluding hydrogens is 314 g/mol. The van der Waals surface area contributed by atoms with Crippen LogP contribution in [0.15, 0.2) is 48.1 Å². The van der Waals surface area contributed by atoms with Crippen molar-refractivity contribution in [1.29, 1.82) is 0 Å². The minimum atomic E-state index is -0.554. The fourth-order valence-corrected chi connectivity index (χ4v) is 4.25. The number of fused-ring (bicyclic) bond motifs is 2. The first-order chi connectivity index (χ1) is 10.8. The van der Waals surface area contributed by atoms with E-state index < -0.39 is 6.10 Å². The maximum atomic E-state index is 10.5. The third-order valence-corrected chi connectivity index (χ3v) is 5.48. The highest BCUT2D eigenvalue weighted by Crippen LogP contribution is 2.31. The van der Waals surface area contributed by atoms with E-state index >= 15 is 0 Å². The molecule has 0 aliphatic carbocycles. The SMILES string of the molecule is OC(CNc1nc2cnccc2s1)c1csc2ccccc12. The predicted octanol–water partition coefficient (Wildman–Crippen LogP) is 4.05. The van der Waals surface area contributed by atoms with Crippen molar-refractivity contribution < 1.29 is 5.11 Å². The summed E-state index contributed by atoms with van der Waals surface area (Å²) < 4.78 is 2.29. The smallest absolute Gasteiger partial charge is 0.183 e. The second-order valence-electron chi connectivity index (χ2n) is 4.95. The molecule has 4 aromatic rings. The van der Waals surface area contributed by atoms with Crippen molar-refractivity contribution in [3.05, 3.63) is 53.7 Å².